The maximum absolute atomic E-state index is 12.9. The molecular formula is C40H61NO7. The minimum absolute atomic E-state index is 0.00104. The smallest absolute Gasteiger partial charge is 0.330 e. The molecule has 13 unspecified atom stereocenters. The number of rotatable bonds is 6. The van der Waals surface area contributed by atoms with Gasteiger partial charge in [-0.25, -0.2) is 4.79 Å². The second-order valence-corrected chi connectivity index (χ2v) is 18.7. The van der Waals surface area contributed by atoms with Gasteiger partial charge in [0.05, 0.1) is 44.7 Å². The summed E-state index contributed by atoms with van der Waals surface area (Å²) >= 11 is 0. The van der Waals surface area contributed by atoms with Crippen molar-refractivity contribution in [2.75, 3.05) is 26.8 Å². The molecule has 0 bridgehead atoms. The molecule has 0 aromatic carbocycles. The number of aliphatic hydroxyl groups excluding tert-OH is 1. The molecule has 8 fully saturated rings. The van der Waals surface area contributed by atoms with Gasteiger partial charge in [-0.15, -0.1) is 0 Å². The van der Waals surface area contributed by atoms with Crippen molar-refractivity contribution in [1.82, 2.24) is 4.90 Å². The monoisotopic (exact) mass is 667 g/mol. The molecule has 2 heterocycles. The fraction of sp³-hybridized carbons (Fsp3) is 0.900. The quantitative estimate of drug-likeness (QED) is 0.263. The van der Waals surface area contributed by atoms with Crippen molar-refractivity contribution in [2.45, 2.75) is 142 Å². The fourth-order valence-corrected chi connectivity index (χ4v) is 14.2. The zero-order valence-corrected chi connectivity index (χ0v) is 30.4. The second-order valence-electron chi connectivity index (χ2n) is 18.7. The summed E-state index contributed by atoms with van der Waals surface area (Å²) in [4.78, 5) is 26.8. The maximum atomic E-state index is 12.9. The molecule has 13 atom stereocenters. The summed E-state index contributed by atoms with van der Waals surface area (Å²) in [6, 6.07) is 0. The van der Waals surface area contributed by atoms with Crippen LogP contribution >= 0.6 is 0 Å². The summed E-state index contributed by atoms with van der Waals surface area (Å²) in [5, 5.41) is 12.5. The fourth-order valence-electron chi connectivity index (χ4n) is 14.2. The van der Waals surface area contributed by atoms with Crippen LogP contribution in [0.4, 0.5) is 0 Å². The van der Waals surface area contributed by atoms with Crippen LogP contribution in [-0.2, 0) is 28.5 Å². The van der Waals surface area contributed by atoms with Crippen LogP contribution in [0, 0.1) is 56.7 Å². The van der Waals surface area contributed by atoms with E-state index >= 15 is 0 Å². The Balaban J connectivity index is 1.02. The van der Waals surface area contributed by atoms with Gasteiger partial charge in [0.25, 0.3) is 0 Å². The Labute approximate surface area is 288 Å². The predicted molar refractivity (Wildman–Crippen MR) is 180 cm³/mol. The summed E-state index contributed by atoms with van der Waals surface area (Å²) in [5.74, 6) is 2.24. The van der Waals surface area contributed by atoms with E-state index in [0.717, 1.165) is 25.7 Å². The van der Waals surface area contributed by atoms with E-state index in [1.165, 1.54) is 58.1 Å². The highest BCUT2D eigenvalue weighted by atomic mass is 16.7. The molecule has 48 heavy (non-hydrogen) atoms. The first kappa shape index (κ1) is 33.7. The predicted octanol–water partition coefficient (Wildman–Crippen LogP) is 6.29. The summed E-state index contributed by atoms with van der Waals surface area (Å²) in [6.07, 6.45) is 15.6. The van der Waals surface area contributed by atoms with Crippen LogP contribution in [0.2, 0.25) is 0 Å². The normalized spacial score (nSPS) is 50.7. The maximum Gasteiger partial charge on any atom is 0.330 e. The van der Waals surface area contributed by atoms with Crippen molar-refractivity contribution < 1.29 is 33.6 Å². The molecule has 2 aliphatic heterocycles. The molecular weight excluding hydrogens is 606 g/mol. The Morgan fingerprint density at radius 1 is 0.958 bits per heavy atom. The minimum atomic E-state index is -0.526. The van der Waals surface area contributed by atoms with Gasteiger partial charge < -0.3 is 29.0 Å². The molecule has 0 aromatic rings. The van der Waals surface area contributed by atoms with Gasteiger partial charge in [-0.05, 0) is 128 Å². The van der Waals surface area contributed by atoms with E-state index in [2.05, 4.69) is 34.6 Å². The second kappa shape index (κ2) is 11.5. The summed E-state index contributed by atoms with van der Waals surface area (Å²) in [5.41, 5.74) is 0.319. The Bertz CT molecular complexity index is 1330. The van der Waals surface area contributed by atoms with E-state index in [9.17, 15) is 14.7 Å². The Hall–Kier alpha value is -1.48. The first-order chi connectivity index (χ1) is 22.8. The van der Waals surface area contributed by atoms with Gasteiger partial charge >= 0.3 is 5.97 Å². The van der Waals surface area contributed by atoms with Crippen molar-refractivity contribution in [3.8, 4) is 0 Å². The van der Waals surface area contributed by atoms with Crippen LogP contribution in [0.5, 0.6) is 0 Å². The lowest BCUT2D eigenvalue weighted by molar-refractivity contribution is -0.326. The Morgan fingerprint density at radius 2 is 1.67 bits per heavy atom. The molecule has 1 N–H and O–H groups in total. The lowest BCUT2D eigenvalue weighted by atomic mass is 9.26. The average molecular weight is 668 g/mol. The number of hydrogen-bond donors (Lipinski definition) is 1. The minimum Gasteiger partial charge on any atom is -0.466 e. The SMILES string of the molecule is COC(=O)C=CC1CC(C)C2C(O1)C(O)C1(C)C3CCC4C(C)(C)C(OC5CN(C(=O)CC6CC6)CCO5)CCC45CCC35CCC21C. The van der Waals surface area contributed by atoms with Gasteiger partial charge in [0.15, 0.2) is 6.29 Å². The summed E-state index contributed by atoms with van der Waals surface area (Å²) in [7, 11) is 1.40. The van der Waals surface area contributed by atoms with Gasteiger partial charge in [-0.1, -0.05) is 34.6 Å². The van der Waals surface area contributed by atoms with Crippen molar-refractivity contribution in [1.29, 1.82) is 0 Å². The van der Waals surface area contributed by atoms with Gasteiger partial charge in [-0.3, -0.25) is 4.79 Å². The highest BCUT2D eigenvalue weighted by molar-refractivity contribution is 5.81. The number of hydrogen-bond acceptors (Lipinski definition) is 7. The van der Waals surface area contributed by atoms with Crippen LogP contribution in [0.25, 0.3) is 0 Å². The van der Waals surface area contributed by atoms with E-state index in [0.29, 0.717) is 55.7 Å². The van der Waals surface area contributed by atoms with Crippen LogP contribution in [-0.4, -0.2) is 79.4 Å². The molecule has 0 aromatic heterocycles. The highest BCUT2D eigenvalue weighted by Crippen LogP contribution is 2.84. The van der Waals surface area contributed by atoms with Crippen LogP contribution < -0.4 is 0 Å². The molecule has 1 amide bonds. The van der Waals surface area contributed by atoms with E-state index in [1.807, 2.05) is 11.0 Å². The standard InChI is InChI=1S/C40H61NO7/c1-24-21-26(9-12-31(43)45-6)47-34-33(24)37(4)15-16-40-18-17-39(40)14-13-29(36(2,3)27(39)10-11-28(40)38(37,5)35(34)44)48-32-23-41(19-20-46-32)30(42)22-25-7-8-25/h9,12,24-29,32-35,44H,7-8,10-11,13-23H2,1-6H3. The lowest BCUT2D eigenvalue weighted by Crippen LogP contribution is -2.73. The van der Waals surface area contributed by atoms with E-state index in [4.69, 9.17) is 18.9 Å². The Kier molecular flexibility index (Phi) is 8.07. The summed E-state index contributed by atoms with van der Waals surface area (Å²) < 4.78 is 24.6. The number of carbonyl (C=O) groups excluding carboxylic acids is 2. The molecule has 8 nitrogen and oxygen atoms in total. The van der Waals surface area contributed by atoms with E-state index in [-0.39, 0.29) is 63.6 Å². The molecule has 268 valence electrons. The van der Waals surface area contributed by atoms with Crippen LogP contribution in [0.15, 0.2) is 12.2 Å². The topological polar surface area (TPSA) is 94.5 Å². The van der Waals surface area contributed by atoms with Crippen molar-refractivity contribution in [2.24, 2.45) is 56.7 Å². The average Bonchev–Trinajstić information content (AvgIpc) is 3.85. The van der Waals surface area contributed by atoms with Gasteiger partial charge in [0.2, 0.25) is 5.91 Å². The molecule has 0 radical (unpaired) electrons. The summed E-state index contributed by atoms with van der Waals surface area (Å²) in [6.45, 7) is 14.0. The number of aliphatic hydroxyl groups is 1. The molecule has 6 saturated carbocycles. The van der Waals surface area contributed by atoms with Gasteiger partial charge in [-0.2, -0.15) is 0 Å². The number of methoxy groups -OCH3 is 1. The third-order valence-corrected chi connectivity index (χ3v) is 16.8. The number of fused-ring (bicyclic) bond motifs is 4. The molecule has 8 aliphatic rings. The lowest BCUT2D eigenvalue weighted by Gasteiger charge is -2.79. The Morgan fingerprint density at radius 3 is 2.38 bits per heavy atom. The number of ether oxygens (including phenoxy) is 4. The van der Waals surface area contributed by atoms with Crippen molar-refractivity contribution in [3.05, 3.63) is 12.2 Å². The molecule has 8 heteroatoms. The number of amides is 1. The number of nitrogens with zero attached hydrogens (tertiary/aromatic N) is 1. The van der Waals surface area contributed by atoms with Crippen molar-refractivity contribution in [3.63, 3.8) is 0 Å². The zero-order chi connectivity index (χ0) is 33.9. The number of morpholine rings is 1. The molecule has 2 saturated heterocycles. The third-order valence-electron chi connectivity index (χ3n) is 16.8. The van der Waals surface area contributed by atoms with Gasteiger partial charge in [0.1, 0.15) is 0 Å². The largest absolute Gasteiger partial charge is 0.466 e. The highest BCUT2D eigenvalue weighted by Gasteiger charge is 2.80. The van der Waals surface area contributed by atoms with Crippen molar-refractivity contribution >= 4 is 11.9 Å². The van der Waals surface area contributed by atoms with E-state index < -0.39 is 6.10 Å². The molecule has 6 aliphatic carbocycles. The van der Waals surface area contributed by atoms with Crippen LogP contribution in [0.1, 0.15) is 112 Å². The first-order valence-electron chi connectivity index (χ1n) is 19.5. The zero-order valence-electron chi connectivity index (χ0n) is 30.4. The molecule has 8 rings (SSSR count). The van der Waals surface area contributed by atoms with Crippen LogP contribution in [0.3, 0.4) is 0 Å². The van der Waals surface area contributed by atoms with Gasteiger partial charge in [0, 0.05) is 24.5 Å². The molecule has 2 spiro atoms. The van der Waals surface area contributed by atoms with E-state index in [1.54, 1.807) is 0 Å². The number of esters is 1. The first-order valence-corrected chi connectivity index (χ1v) is 19.5. The number of carbonyl (C=O) groups is 2. The third kappa shape index (κ3) is 4.59.